The third-order valence-corrected chi connectivity index (χ3v) is 3.51. The van der Waals surface area contributed by atoms with E-state index in [9.17, 15) is 4.79 Å². The van der Waals surface area contributed by atoms with Gasteiger partial charge >= 0.3 is 0 Å². The summed E-state index contributed by atoms with van der Waals surface area (Å²) in [6, 6.07) is 15.3. The Morgan fingerprint density at radius 2 is 1.95 bits per heavy atom. The minimum absolute atomic E-state index is 0.0213. The molecule has 0 spiro atoms. The number of benzene rings is 2. The van der Waals surface area contributed by atoms with Gasteiger partial charge in [-0.25, -0.2) is 0 Å². The second-order valence-electron chi connectivity index (χ2n) is 4.71. The molecule has 0 bridgehead atoms. The number of hydrogen-bond donors (Lipinski definition) is 2. The van der Waals surface area contributed by atoms with Gasteiger partial charge in [0.2, 0.25) is 5.91 Å². The topological polar surface area (TPSA) is 50.4 Å². The molecule has 0 saturated carbocycles. The maximum absolute atomic E-state index is 12.4. The summed E-state index contributed by atoms with van der Waals surface area (Å²) in [5.41, 5.74) is 2.77. The van der Waals surface area contributed by atoms with Gasteiger partial charge in [0, 0.05) is 12.2 Å². The molecule has 3 rings (SSSR count). The number of anilines is 2. The van der Waals surface area contributed by atoms with Crippen LogP contribution in [-0.2, 0) is 4.79 Å². The molecule has 1 aliphatic rings. The molecule has 0 radical (unpaired) electrons. The summed E-state index contributed by atoms with van der Waals surface area (Å²) in [5.74, 6) is 0.475. The molecule has 2 N–H and O–H groups in total. The van der Waals surface area contributed by atoms with Crippen LogP contribution in [-0.4, -0.2) is 19.6 Å². The van der Waals surface area contributed by atoms with E-state index in [1.54, 1.807) is 7.11 Å². The van der Waals surface area contributed by atoms with Crippen molar-refractivity contribution in [3.8, 4) is 5.75 Å². The smallest absolute Gasteiger partial charge is 0.233 e. The monoisotopic (exact) mass is 268 g/mol. The highest BCUT2D eigenvalue weighted by atomic mass is 16.5. The maximum atomic E-state index is 12.4. The first-order valence-corrected chi connectivity index (χ1v) is 6.56. The van der Waals surface area contributed by atoms with Crippen LogP contribution < -0.4 is 15.4 Å². The van der Waals surface area contributed by atoms with Crippen LogP contribution in [0.5, 0.6) is 5.75 Å². The van der Waals surface area contributed by atoms with Crippen LogP contribution in [0.4, 0.5) is 11.4 Å². The Bertz CT molecular complexity index is 640. The number of methoxy groups -OCH3 is 1. The van der Waals surface area contributed by atoms with Crippen LogP contribution in [0.1, 0.15) is 11.5 Å². The van der Waals surface area contributed by atoms with Crippen molar-refractivity contribution in [2.75, 3.05) is 24.3 Å². The Hall–Kier alpha value is -2.49. The number of amides is 1. The van der Waals surface area contributed by atoms with E-state index in [0.717, 1.165) is 11.3 Å². The summed E-state index contributed by atoms with van der Waals surface area (Å²) in [7, 11) is 1.59. The lowest BCUT2D eigenvalue weighted by atomic mass is 10.0. The number of hydrogen-bond acceptors (Lipinski definition) is 3. The molecule has 4 nitrogen and oxygen atoms in total. The molecule has 4 heteroatoms. The maximum Gasteiger partial charge on any atom is 0.233 e. The van der Waals surface area contributed by atoms with Crippen molar-refractivity contribution in [3.05, 3.63) is 54.1 Å². The highest BCUT2D eigenvalue weighted by Gasteiger charge is 2.28. The number of carbonyl (C=O) groups excluding carboxylic acids is 1. The third-order valence-electron chi connectivity index (χ3n) is 3.51. The summed E-state index contributed by atoms with van der Waals surface area (Å²) in [6.45, 7) is 0.625. The Balaban J connectivity index is 1.81. The van der Waals surface area contributed by atoms with Gasteiger partial charge in [-0.1, -0.05) is 30.3 Å². The van der Waals surface area contributed by atoms with E-state index in [1.807, 2.05) is 48.5 Å². The van der Waals surface area contributed by atoms with Crippen molar-refractivity contribution in [3.63, 3.8) is 0 Å². The van der Waals surface area contributed by atoms with Crippen molar-refractivity contribution >= 4 is 17.3 Å². The van der Waals surface area contributed by atoms with Gasteiger partial charge in [-0.05, 0) is 23.8 Å². The molecule has 1 amide bonds. The number of para-hydroxylation sites is 3. The highest BCUT2D eigenvalue weighted by Crippen LogP contribution is 2.32. The molecule has 0 saturated heterocycles. The first kappa shape index (κ1) is 12.5. The van der Waals surface area contributed by atoms with Gasteiger partial charge in [0.05, 0.1) is 18.7 Å². The quantitative estimate of drug-likeness (QED) is 0.900. The van der Waals surface area contributed by atoms with Gasteiger partial charge in [0.1, 0.15) is 5.75 Å². The minimum Gasteiger partial charge on any atom is -0.495 e. The molecule has 1 aliphatic heterocycles. The van der Waals surface area contributed by atoms with Crippen molar-refractivity contribution in [2.45, 2.75) is 5.92 Å². The fraction of sp³-hybridized carbons (Fsp3) is 0.188. The first-order valence-electron chi connectivity index (χ1n) is 6.56. The van der Waals surface area contributed by atoms with Crippen molar-refractivity contribution in [1.82, 2.24) is 0 Å². The molecule has 20 heavy (non-hydrogen) atoms. The second-order valence-corrected chi connectivity index (χ2v) is 4.71. The lowest BCUT2D eigenvalue weighted by Crippen LogP contribution is -2.22. The predicted molar refractivity (Wildman–Crippen MR) is 79.3 cm³/mol. The van der Waals surface area contributed by atoms with Crippen molar-refractivity contribution in [1.29, 1.82) is 0 Å². The average molecular weight is 268 g/mol. The molecule has 0 fully saturated rings. The van der Waals surface area contributed by atoms with Crippen LogP contribution in [0.25, 0.3) is 0 Å². The lowest BCUT2D eigenvalue weighted by molar-refractivity contribution is -0.117. The molecule has 1 unspecified atom stereocenters. The first-order chi connectivity index (χ1) is 9.79. The number of ether oxygens (including phenoxy) is 1. The zero-order chi connectivity index (χ0) is 13.9. The average Bonchev–Trinajstić information content (AvgIpc) is 2.92. The number of carbonyl (C=O) groups is 1. The molecule has 0 aliphatic carbocycles. The molecule has 2 aromatic carbocycles. The third kappa shape index (κ3) is 2.20. The zero-order valence-corrected chi connectivity index (χ0v) is 11.2. The molecule has 1 heterocycles. The van der Waals surface area contributed by atoms with E-state index in [1.165, 1.54) is 0 Å². The van der Waals surface area contributed by atoms with Gasteiger partial charge in [0.15, 0.2) is 0 Å². The van der Waals surface area contributed by atoms with Crippen molar-refractivity contribution in [2.24, 2.45) is 0 Å². The predicted octanol–water partition coefficient (Wildman–Crippen LogP) is 2.84. The Morgan fingerprint density at radius 3 is 2.80 bits per heavy atom. The number of rotatable bonds is 3. The molecule has 2 aromatic rings. The highest BCUT2D eigenvalue weighted by molar-refractivity contribution is 5.99. The number of nitrogens with one attached hydrogen (secondary N) is 2. The van der Waals surface area contributed by atoms with Gasteiger partial charge in [-0.3, -0.25) is 4.79 Å². The Kier molecular flexibility index (Phi) is 3.29. The molecular formula is C16H16N2O2. The molecule has 0 aromatic heterocycles. The van der Waals surface area contributed by atoms with Crippen LogP contribution in [0.15, 0.2) is 48.5 Å². The minimum atomic E-state index is -0.170. The standard InChI is InChI=1S/C16H16N2O2/c1-20-15-9-5-4-8-14(15)18-16(19)12-10-17-13-7-3-2-6-11(12)13/h2-9,12,17H,10H2,1H3,(H,18,19). The van der Waals surface area contributed by atoms with E-state index in [-0.39, 0.29) is 11.8 Å². The van der Waals surface area contributed by atoms with E-state index < -0.39 is 0 Å². The van der Waals surface area contributed by atoms with E-state index >= 15 is 0 Å². The van der Waals surface area contributed by atoms with E-state index in [0.29, 0.717) is 18.0 Å². The molecule has 102 valence electrons. The lowest BCUT2D eigenvalue weighted by Gasteiger charge is -2.13. The Morgan fingerprint density at radius 1 is 1.20 bits per heavy atom. The summed E-state index contributed by atoms with van der Waals surface area (Å²) >= 11 is 0. The summed E-state index contributed by atoms with van der Waals surface area (Å²) in [5, 5.41) is 6.19. The van der Waals surface area contributed by atoms with E-state index in [2.05, 4.69) is 10.6 Å². The molecular weight excluding hydrogens is 252 g/mol. The summed E-state index contributed by atoms with van der Waals surface area (Å²) < 4.78 is 5.25. The SMILES string of the molecule is COc1ccccc1NC(=O)C1CNc2ccccc21. The van der Waals surface area contributed by atoms with Crippen molar-refractivity contribution < 1.29 is 9.53 Å². The van der Waals surface area contributed by atoms with Crippen LogP contribution >= 0.6 is 0 Å². The normalized spacial score (nSPS) is 16.1. The number of fused-ring (bicyclic) bond motifs is 1. The van der Waals surface area contributed by atoms with Crippen LogP contribution in [0.2, 0.25) is 0 Å². The zero-order valence-electron chi connectivity index (χ0n) is 11.2. The van der Waals surface area contributed by atoms with Gasteiger partial charge in [-0.15, -0.1) is 0 Å². The van der Waals surface area contributed by atoms with Crippen LogP contribution in [0.3, 0.4) is 0 Å². The summed E-state index contributed by atoms with van der Waals surface area (Å²) in [6.07, 6.45) is 0. The Labute approximate surface area is 117 Å². The van der Waals surface area contributed by atoms with Gasteiger partial charge < -0.3 is 15.4 Å². The molecule has 1 atom stereocenters. The van der Waals surface area contributed by atoms with Gasteiger partial charge in [-0.2, -0.15) is 0 Å². The van der Waals surface area contributed by atoms with Gasteiger partial charge in [0.25, 0.3) is 0 Å². The van der Waals surface area contributed by atoms with Crippen LogP contribution in [0, 0.1) is 0 Å². The second kappa shape index (κ2) is 5.25. The van der Waals surface area contributed by atoms with E-state index in [4.69, 9.17) is 4.74 Å². The fourth-order valence-corrected chi connectivity index (χ4v) is 2.49. The fourth-order valence-electron chi connectivity index (χ4n) is 2.49. The largest absolute Gasteiger partial charge is 0.495 e. The summed E-state index contributed by atoms with van der Waals surface area (Å²) in [4.78, 5) is 12.4.